The summed E-state index contributed by atoms with van der Waals surface area (Å²) >= 11 is 0. The van der Waals surface area contributed by atoms with Gasteiger partial charge in [0.2, 0.25) is 5.91 Å². The Kier molecular flexibility index (Phi) is 6.90. The first-order valence-corrected chi connectivity index (χ1v) is 9.22. The van der Waals surface area contributed by atoms with Crippen molar-refractivity contribution < 1.29 is 19.1 Å². The average molecular weight is 390 g/mol. The molecule has 1 saturated heterocycles. The van der Waals surface area contributed by atoms with Crippen LogP contribution in [0.3, 0.4) is 0 Å². The monoisotopic (exact) mass is 390 g/mol. The Labute approximate surface area is 166 Å². The number of nitrogens with zero attached hydrogens (tertiary/aromatic N) is 2. The van der Waals surface area contributed by atoms with Gasteiger partial charge in [0.1, 0.15) is 11.4 Å². The number of piperazine rings is 1. The van der Waals surface area contributed by atoms with Crippen LogP contribution in [0.25, 0.3) is 0 Å². The van der Waals surface area contributed by atoms with Crippen LogP contribution >= 0.6 is 0 Å². The van der Waals surface area contributed by atoms with Crippen molar-refractivity contribution in [1.82, 2.24) is 4.90 Å². The molecule has 1 heterocycles. The SMILES string of the molecule is C=CC(=O)Nc1cc(NC(=O)OC(C)(C)C)c(OC)cc1N1CCN(C)CC1. The van der Waals surface area contributed by atoms with E-state index in [4.69, 9.17) is 9.47 Å². The van der Waals surface area contributed by atoms with Gasteiger partial charge in [-0.05, 0) is 40.0 Å². The predicted octanol–water partition coefficient (Wildman–Crippen LogP) is 2.92. The summed E-state index contributed by atoms with van der Waals surface area (Å²) in [4.78, 5) is 28.6. The standard InChI is InChI=1S/C20H30N4O4/c1-7-18(25)21-14-12-15(22-19(26)28-20(2,3)4)17(27-6)13-16(14)24-10-8-23(5)9-11-24/h7,12-13H,1,8-11H2,2-6H3,(H,21,25)(H,22,26). The van der Waals surface area contributed by atoms with Crippen LogP contribution in [0.4, 0.5) is 21.9 Å². The third-order valence-electron chi connectivity index (χ3n) is 4.24. The van der Waals surface area contributed by atoms with Crippen molar-refractivity contribution in [3.05, 3.63) is 24.8 Å². The maximum atomic E-state index is 12.2. The second-order valence-electron chi connectivity index (χ2n) is 7.68. The predicted molar refractivity (Wildman–Crippen MR) is 111 cm³/mol. The maximum Gasteiger partial charge on any atom is 0.412 e. The largest absolute Gasteiger partial charge is 0.494 e. The number of anilines is 3. The van der Waals surface area contributed by atoms with Crippen LogP contribution in [0.2, 0.25) is 0 Å². The summed E-state index contributed by atoms with van der Waals surface area (Å²) in [5.74, 6) is 0.153. The first kappa shape index (κ1) is 21.6. The highest BCUT2D eigenvalue weighted by molar-refractivity contribution is 6.02. The molecule has 1 aromatic rings. The molecule has 8 nitrogen and oxygen atoms in total. The Morgan fingerprint density at radius 3 is 2.29 bits per heavy atom. The van der Waals surface area contributed by atoms with Crippen LogP contribution in [0.15, 0.2) is 24.8 Å². The van der Waals surface area contributed by atoms with Gasteiger partial charge in [0.25, 0.3) is 0 Å². The molecule has 1 fully saturated rings. The summed E-state index contributed by atoms with van der Waals surface area (Å²) in [5.41, 5.74) is 1.18. The molecule has 8 heteroatoms. The Morgan fingerprint density at radius 2 is 1.75 bits per heavy atom. The average Bonchev–Trinajstić information content (AvgIpc) is 2.61. The number of amides is 2. The minimum atomic E-state index is -0.628. The molecule has 0 radical (unpaired) electrons. The minimum Gasteiger partial charge on any atom is -0.494 e. The molecule has 1 aliphatic rings. The summed E-state index contributed by atoms with van der Waals surface area (Å²) < 4.78 is 10.8. The third kappa shape index (κ3) is 5.88. The number of nitrogens with one attached hydrogen (secondary N) is 2. The number of carbonyl (C=O) groups excluding carboxylic acids is 2. The second kappa shape index (κ2) is 8.97. The van der Waals surface area contributed by atoms with Crippen LogP contribution in [0, 0.1) is 0 Å². The molecule has 0 aromatic heterocycles. The van der Waals surface area contributed by atoms with Crippen LogP contribution in [0.1, 0.15) is 20.8 Å². The molecule has 2 amide bonds. The highest BCUT2D eigenvalue weighted by atomic mass is 16.6. The van der Waals surface area contributed by atoms with Gasteiger partial charge in [-0.3, -0.25) is 10.1 Å². The topological polar surface area (TPSA) is 83.1 Å². The molecule has 154 valence electrons. The van der Waals surface area contributed by atoms with Crippen molar-refractivity contribution in [2.24, 2.45) is 0 Å². The smallest absolute Gasteiger partial charge is 0.412 e. The molecule has 0 aliphatic carbocycles. The number of rotatable bonds is 5. The zero-order chi connectivity index (χ0) is 20.9. The summed E-state index contributed by atoms with van der Waals surface area (Å²) in [6.45, 7) is 12.3. The molecule has 0 atom stereocenters. The molecule has 0 saturated carbocycles. The first-order chi connectivity index (χ1) is 13.1. The Bertz CT molecular complexity index is 734. The van der Waals surface area contributed by atoms with E-state index in [2.05, 4.69) is 34.1 Å². The van der Waals surface area contributed by atoms with E-state index in [1.807, 2.05) is 6.07 Å². The van der Waals surface area contributed by atoms with E-state index in [9.17, 15) is 9.59 Å². The van der Waals surface area contributed by atoms with E-state index in [1.54, 1.807) is 26.8 Å². The van der Waals surface area contributed by atoms with E-state index in [0.29, 0.717) is 17.1 Å². The molecule has 28 heavy (non-hydrogen) atoms. The number of ether oxygens (including phenoxy) is 2. The first-order valence-electron chi connectivity index (χ1n) is 9.22. The highest BCUT2D eigenvalue weighted by Gasteiger charge is 2.22. The fraction of sp³-hybridized carbons (Fsp3) is 0.500. The van der Waals surface area contributed by atoms with Crippen LogP contribution in [-0.2, 0) is 9.53 Å². The molecule has 0 spiro atoms. The zero-order valence-electron chi connectivity index (χ0n) is 17.3. The second-order valence-corrected chi connectivity index (χ2v) is 7.68. The van der Waals surface area contributed by atoms with Crippen molar-refractivity contribution in [3.8, 4) is 5.75 Å². The van der Waals surface area contributed by atoms with Gasteiger partial charge in [0.15, 0.2) is 0 Å². The van der Waals surface area contributed by atoms with E-state index in [0.717, 1.165) is 31.9 Å². The van der Waals surface area contributed by atoms with Gasteiger partial charge in [-0.2, -0.15) is 0 Å². The fourth-order valence-corrected chi connectivity index (χ4v) is 2.84. The number of hydrogen-bond acceptors (Lipinski definition) is 6. The van der Waals surface area contributed by atoms with E-state index in [-0.39, 0.29) is 5.91 Å². The molecular weight excluding hydrogens is 360 g/mol. The molecule has 2 rings (SSSR count). The quantitative estimate of drug-likeness (QED) is 0.752. The van der Waals surface area contributed by atoms with E-state index < -0.39 is 11.7 Å². The van der Waals surface area contributed by atoms with Crippen LogP contribution in [-0.4, -0.2) is 62.8 Å². The van der Waals surface area contributed by atoms with Crippen LogP contribution in [0.5, 0.6) is 5.75 Å². The number of hydrogen-bond donors (Lipinski definition) is 2. The van der Waals surface area contributed by atoms with Gasteiger partial charge in [0, 0.05) is 32.2 Å². The zero-order valence-corrected chi connectivity index (χ0v) is 17.3. The van der Waals surface area contributed by atoms with Crippen molar-refractivity contribution in [2.75, 3.05) is 55.9 Å². The number of methoxy groups -OCH3 is 1. The molecule has 0 unspecified atom stereocenters. The molecule has 0 bridgehead atoms. The highest BCUT2D eigenvalue weighted by Crippen LogP contribution is 2.37. The van der Waals surface area contributed by atoms with Crippen molar-refractivity contribution >= 4 is 29.1 Å². The Morgan fingerprint density at radius 1 is 1.11 bits per heavy atom. The van der Waals surface area contributed by atoms with Gasteiger partial charge < -0.3 is 24.6 Å². The third-order valence-corrected chi connectivity index (χ3v) is 4.24. The van der Waals surface area contributed by atoms with Gasteiger partial charge >= 0.3 is 6.09 Å². The lowest BCUT2D eigenvalue weighted by Gasteiger charge is -2.35. The lowest BCUT2D eigenvalue weighted by Crippen LogP contribution is -2.44. The number of benzene rings is 1. The van der Waals surface area contributed by atoms with Crippen molar-refractivity contribution in [1.29, 1.82) is 0 Å². The Hall–Kier alpha value is -2.74. The summed E-state index contributed by atoms with van der Waals surface area (Å²) in [6, 6.07) is 3.49. The van der Waals surface area contributed by atoms with Gasteiger partial charge in [-0.15, -0.1) is 0 Å². The number of likely N-dealkylation sites (N-methyl/N-ethyl adjacent to an activating group) is 1. The van der Waals surface area contributed by atoms with Crippen molar-refractivity contribution in [2.45, 2.75) is 26.4 Å². The molecular formula is C20H30N4O4. The van der Waals surface area contributed by atoms with Gasteiger partial charge in [-0.1, -0.05) is 6.58 Å². The van der Waals surface area contributed by atoms with Gasteiger partial charge in [0.05, 0.1) is 24.2 Å². The minimum absolute atomic E-state index is 0.330. The summed E-state index contributed by atoms with van der Waals surface area (Å²) in [7, 11) is 3.61. The van der Waals surface area contributed by atoms with E-state index >= 15 is 0 Å². The van der Waals surface area contributed by atoms with Gasteiger partial charge in [-0.25, -0.2) is 4.79 Å². The summed E-state index contributed by atoms with van der Waals surface area (Å²) in [5, 5.41) is 5.52. The van der Waals surface area contributed by atoms with Crippen LogP contribution < -0.4 is 20.3 Å². The number of carbonyl (C=O) groups is 2. The maximum absolute atomic E-state index is 12.2. The lowest BCUT2D eigenvalue weighted by molar-refractivity contribution is -0.111. The summed E-state index contributed by atoms with van der Waals surface area (Å²) in [6.07, 6.45) is 0.609. The fourth-order valence-electron chi connectivity index (χ4n) is 2.84. The van der Waals surface area contributed by atoms with E-state index in [1.165, 1.54) is 13.2 Å². The molecule has 1 aliphatic heterocycles. The normalized spacial score (nSPS) is 15.0. The molecule has 2 N–H and O–H groups in total. The molecule has 1 aromatic carbocycles. The Balaban J connectivity index is 2.38. The van der Waals surface area contributed by atoms with Crippen molar-refractivity contribution in [3.63, 3.8) is 0 Å². The lowest BCUT2D eigenvalue weighted by atomic mass is 10.1.